The van der Waals surface area contributed by atoms with Gasteiger partial charge in [0.2, 0.25) is 10.0 Å². The predicted octanol–water partition coefficient (Wildman–Crippen LogP) is 1.22. The molecule has 1 aliphatic rings. The number of aryl methyl sites for hydroxylation is 2. The third-order valence-electron chi connectivity index (χ3n) is 4.56. The number of sulfonamides is 1. The molecule has 0 amide bonds. The largest absolute Gasteiger partial charge is 0.321 e. The summed E-state index contributed by atoms with van der Waals surface area (Å²) in [5.41, 5.74) is 3.77. The van der Waals surface area contributed by atoms with Gasteiger partial charge in [-0.05, 0) is 36.9 Å². The summed E-state index contributed by atoms with van der Waals surface area (Å²) in [5.74, 6) is 0. The summed E-state index contributed by atoms with van der Waals surface area (Å²) in [5, 5.41) is 1.04. The van der Waals surface area contributed by atoms with Crippen LogP contribution in [0.2, 0.25) is 0 Å². The molecule has 2 heterocycles. The third-order valence-corrected chi connectivity index (χ3v) is 5.87. The number of piperazine rings is 1. The van der Waals surface area contributed by atoms with Crippen LogP contribution in [0.3, 0.4) is 0 Å². The van der Waals surface area contributed by atoms with E-state index in [9.17, 15) is 13.2 Å². The predicted molar refractivity (Wildman–Crippen MR) is 95.7 cm³/mol. The van der Waals surface area contributed by atoms with E-state index in [1.165, 1.54) is 16.1 Å². The fraction of sp³-hybridized carbons (Fsp3) is 0.471. The standard InChI is InChI=1S/C17H23N3O3S/c1-12-8-13(2)16-14(9-12)10-15(17(21)18-16)11-19-4-6-20(7-5-19)24(3,22)23/h8-10H,4-7,11H2,1-3H3,(H,18,21). The van der Waals surface area contributed by atoms with Gasteiger partial charge in [0, 0.05) is 38.3 Å². The van der Waals surface area contributed by atoms with Crippen LogP contribution in [-0.4, -0.2) is 55.0 Å². The fourth-order valence-electron chi connectivity index (χ4n) is 3.31. The maximum Gasteiger partial charge on any atom is 0.252 e. The van der Waals surface area contributed by atoms with E-state index in [-0.39, 0.29) is 5.56 Å². The quantitative estimate of drug-likeness (QED) is 0.904. The van der Waals surface area contributed by atoms with Gasteiger partial charge in [0.1, 0.15) is 0 Å². The molecule has 1 saturated heterocycles. The summed E-state index contributed by atoms with van der Waals surface area (Å²) in [7, 11) is -3.13. The first-order chi connectivity index (χ1) is 11.2. The van der Waals surface area contributed by atoms with E-state index in [0.717, 1.165) is 22.0 Å². The lowest BCUT2D eigenvalue weighted by Gasteiger charge is -2.33. The van der Waals surface area contributed by atoms with Gasteiger partial charge in [-0.1, -0.05) is 11.6 Å². The van der Waals surface area contributed by atoms with Crippen LogP contribution in [0.1, 0.15) is 16.7 Å². The van der Waals surface area contributed by atoms with Crippen LogP contribution >= 0.6 is 0 Å². The van der Waals surface area contributed by atoms with Crippen LogP contribution in [0, 0.1) is 13.8 Å². The lowest BCUT2D eigenvalue weighted by atomic mass is 10.1. The molecule has 7 heteroatoms. The minimum absolute atomic E-state index is 0.0694. The van der Waals surface area contributed by atoms with Gasteiger partial charge in [0.05, 0.1) is 11.8 Å². The lowest BCUT2D eigenvalue weighted by molar-refractivity contribution is 0.181. The second kappa shape index (κ2) is 6.31. The van der Waals surface area contributed by atoms with Gasteiger partial charge in [-0.15, -0.1) is 0 Å². The Hall–Kier alpha value is -1.70. The van der Waals surface area contributed by atoms with Crippen LogP contribution in [-0.2, 0) is 16.6 Å². The lowest BCUT2D eigenvalue weighted by Crippen LogP contribution is -2.48. The first-order valence-corrected chi connectivity index (χ1v) is 9.89. The van der Waals surface area contributed by atoms with Crippen molar-refractivity contribution in [1.29, 1.82) is 0 Å². The van der Waals surface area contributed by atoms with Crippen molar-refractivity contribution in [2.24, 2.45) is 0 Å². The molecule has 0 unspecified atom stereocenters. The van der Waals surface area contributed by atoms with Gasteiger partial charge in [-0.2, -0.15) is 4.31 Å². The summed E-state index contributed by atoms with van der Waals surface area (Å²) >= 11 is 0. The average molecular weight is 349 g/mol. The highest BCUT2D eigenvalue weighted by molar-refractivity contribution is 7.88. The molecular weight excluding hydrogens is 326 g/mol. The van der Waals surface area contributed by atoms with E-state index in [1.807, 2.05) is 19.9 Å². The van der Waals surface area contributed by atoms with E-state index in [1.54, 1.807) is 0 Å². The molecule has 24 heavy (non-hydrogen) atoms. The van der Waals surface area contributed by atoms with Gasteiger partial charge in [-0.25, -0.2) is 8.42 Å². The van der Waals surface area contributed by atoms with Crippen LogP contribution in [0.15, 0.2) is 23.0 Å². The first-order valence-electron chi connectivity index (χ1n) is 8.05. The van der Waals surface area contributed by atoms with Gasteiger partial charge in [0.25, 0.3) is 5.56 Å². The zero-order valence-corrected chi connectivity index (χ0v) is 15.1. The SMILES string of the molecule is Cc1cc(C)c2[nH]c(=O)c(CN3CCN(S(C)(=O)=O)CC3)cc2c1. The number of aromatic amines is 1. The molecular formula is C17H23N3O3S. The molecule has 130 valence electrons. The van der Waals surface area contributed by atoms with Gasteiger partial charge < -0.3 is 4.98 Å². The molecule has 0 aliphatic carbocycles. The summed E-state index contributed by atoms with van der Waals surface area (Å²) in [6.07, 6.45) is 1.24. The molecule has 0 bridgehead atoms. The van der Waals surface area contributed by atoms with Crippen molar-refractivity contribution >= 4 is 20.9 Å². The van der Waals surface area contributed by atoms with Crippen molar-refractivity contribution in [3.8, 4) is 0 Å². The minimum Gasteiger partial charge on any atom is -0.321 e. The normalized spacial score (nSPS) is 17.5. The summed E-state index contributed by atoms with van der Waals surface area (Å²) in [6, 6.07) is 6.09. The highest BCUT2D eigenvalue weighted by Gasteiger charge is 2.23. The number of benzene rings is 1. The number of nitrogens with one attached hydrogen (secondary N) is 1. The molecule has 6 nitrogen and oxygen atoms in total. The minimum atomic E-state index is -3.13. The number of rotatable bonds is 3. The number of pyridine rings is 1. The second-order valence-corrected chi connectivity index (χ2v) is 8.59. The van der Waals surface area contributed by atoms with E-state index < -0.39 is 10.0 Å². The average Bonchev–Trinajstić information content (AvgIpc) is 2.48. The van der Waals surface area contributed by atoms with Gasteiger partial charge in [-0.3, -0.25) is 9.69 Å². The summed E-state index contributed by atoms with van der Waals surface area (Å²) in [4.78, 5) is 17.5. The monoisotopic (exact) mass is 349 g/mol. The molecule has 2 aromatic rings. The highest BCUT2D eigenvalue weighted by atomic mass is 32.2. The zero-order chi connectivity index (χ0) is 17.5. The summed E-state index contributed by atoms with van der Waals surface area (Å²) < 4.78 is 24.6. The van der Waals surface area contributed by atoms with Gasteiger partial charge >= 0.3 is 0 Å². The number of H-pyrrole nitrogens is 1. The Balaban J connectivity index is 1.81. The smallest absolute Gasteiger partial charge is 0.252 e. The van der Waals surface area contributed by atoms with Gasteiger partial charge in [0.15, 0.2) is 0 Å². The van der Waals surface area contributed by atoms with Crippen LogP contribution in [0.4, 0.5) is 0 Å². The van der Waals surface area contributed by atoms with Crippen molar-refractivity contribution in [1.82, 2.24) is 14.2 Å². The molecule has 1 N–H and O–H groups in total. The Morgan fingerprint density at radius 1 is 1.08 bits per heavy atom. The Kier molecular flexibility index (Phi) is 4.50. The molecule has 0 spiro atoms. The molecule has 1 fully saturated rings. The van der Waals surface area contributed by atoms with Crippen molar-refractivity contribution in [2.45, 2.75) is 20.4 Å². The third kappa shape index (κ3) is 3.53. The van der Waals surface area contributed by atoms with Crippen molar-refractivity contribution in [3.05, 3.63) is 45.2 Å². The highest BCUT2D eigenvalue weighted by Crippen LogP contribution is 2.19. The molecule has 1 aromatic carbocycles. The number of hydrogen-bond acceptors (Lipinski definition) is 4. The molecule has 0 radical (unpaired) electrons. The molecule has 1 aliphatic heterocycles. The number of aromatic nitrogens is 1. The summed E-state index contributed by atoms with van der Waals surface area (Å²) in [6.45, 7) is 6.80. The Morgan fingerprint density at radius 2 is 1.75 bits per heavy atom. The van der Waals surface area contributed by atoms with Crippen LogP contribution in [0.25, 0.3) is 10.9 Å². The van der Waals surface area contributed by atoms with E-state index in [4.69, 9.17) is 0 Å². The maximum atomic E-state index is 12.4. The number of fused-ring (bicyclic) bond motifs is 1. The van der Waals surface area contributed by atoms with E-state index >= 15 is 0 Å². The zero-order valence-electron chi connectivity index (χ0n) is 14.3. The Labute approximate surface area is 142 Å². The molecule has 3 rings (SSSR count). The first kappa shape index (κ1) is 17.1. The second-order valence-electron chi connectivity index (χ2n) is 6.61. The fourth-order valence-corrected chi connectivity index (χ4v) is 4.14. The maximum absolute atomic E-state index is 12.4. The molecule has 0 saturated carbocycles. The Morgan fingerprint density at radius 3 is 2.38 bits per heavy atom. The van der Waals surface area contributed by atoms with Crippen molar-refractivity contribution in [2.75, 3.05) is 32.4 Å². The Bertz CT molecular complexity index is 926. The van der Waals surface area contributed by atoms with Crippen LogP contribution in [0.5, 0.6) is 0 Å². The topological polar surface area (TPSA) is 73.5 Å². The van der Waals surface area contributed by atoms with Crippen molar-refractivity contribution < 1.29 is 8.42 Å². The van der Waals surface area contributed by atoms with E-state index in [0.29, 0.717) is 32.7 Å². The number of nitrogens with zero attached hydrogens (tertiary/aromatic N) is 2. The molecule has 1 aromatic heterocycles. The van der Waals surface area contributed by atoms with E-state index in [2.05, 4.69) is 22.0 Å². The number of hydrogen-bond donors (Lipinski definition) is 1. The van der Waals surface area contributed by atoms with Crippen molar-refractivity contribution in [3.63, 3.8) is 0 Å². The van der Waals surface area contributed by atoms with Crippen LogP contribution < -0.4 is 5.56 Å². The molecule has 0 atom stereocenters.